The summed E-state index contributed by atoms with van der Waals surface area (Å²) in [6.07, 6.45) is 5.62. The molecular weight excluding hydrogens is 644 g/mol. The molecule has 0 radical (unpaired) electrons. The fourth-order valence-corrected chi connectivity index (χ4v) is 8.51. The van der Waals surface area contributed by atoms with Gasteiger partial charge in [0.1, 0.15) is 17.3 Å². The van der Waals surface area contributed by atoms with Gasteiger partial charge in [-0.05, 0) is 82.8 Å². The molecule has 1 aliphatic carbocycles. The summed E-state index contributed by atoms with van der Waals surface area (Å²) >= 11 is 0. The van der Waals surface area contributed by atoms with E-state index in [-0.39, 0.29) is 43.2 Å². The van der Waals surface area contributed by atoms with Crippen LogP contribution in [0, 0.1) is 29.2 Å². The first-order valence-corrected chi connectivity index (χ1v) is 17.4. The maximum atomic E-state index is 14.2. The number of anilines is 1. The van der Waals surface area contributed by atoms with Gasteiger partial charge in [-0.1, -0.05) is 23.4 Å². The summed E-state index contributed by atoms with van der Waals surface area (Å²) < 4.78 is 12.2. The predicted molar refractivity (Wildman–Crippen MR) is 178 cm³/mol. The molecule has 3 aliphatic heterocycles. The molecule has 2 aromatic rings. The minimum Gasteiger partial charge on any atom is -0.469 e. The Hall–Kier alpha value is -4.71. The Morgan fingerprint density at radius 3 is 2.72 bits per heavy atom. The number of ether oxygens (including phenoxy) is 2. The highest BCUT2D eigenvalue weighted by Gasteiger charge is 2.59. The number of benzene rings is 1. The lowest BCUT2D eigenvalue weighted by molar-refractivity contribution is -0.160. The fraction of sp³-hybridized carbons (Fsp3) is 0.629. The van der Waals surface area contributed by atoms with Crippen molar-refractivity contribution in [3.63, 3.8) is 0 Å². The van der Waals surface area contributed by atoms with Gasteiger partial charge in [0.2, 0.25) is 11.8 Å². The van der Waals surface area contributed by atoms with Crippen LogP contribution in [0.15, 0.2) is 30.5 Å². The second-order valence-electron chi connectivity index (χ2n) is 14.9. The third-order valence-corrected chi connectivity index (χ3v) is 10.8. The fourth-order valence-electron chi connectivity index (χ4n) is 8.51. The van der Waals surface area contributed by atoms with E-state index < -0.39 is 47.2 Å². The Kier molecular flexibility index (Phi) is 9.76. The summed E-state index contributed by atoms with van der Waals surface area (Å²) in [4.78, 5) is 56.0. The number of aromatic nitrogens is 3. The molecule has 3 amide bonds. The first-order valence-electron chi connectivity index (χ1n) is 17.4. The van der Waals surface area contributed by atoms with Crippen LogP contribution in [0.3, 0.4) is 0 Å². The zero-order valence-corrected chi connectivity index (χ0v) is 29.0. The zero-order valence-electron chi connectivity index (χ0n) is 29.0. The highest BCUT2D eigenvalue weighted by molar-refractivity contribution is 6.07. The van der Waals surface area contributed by atoms with E-state index in [0.717, 1.165) is 5.56 Å². The third kappa shape index (κ3) is 6.60. The molecule has 4 heterocycles. The Balaban J connectivity index is 1.20. The number of esters is 1. The van der Waals surface area contributed by atoms with Crippen LogP contribution in [-0.4, -0.2) is 97.8 Å². The topological polar surface area (TPSA) is 192 Å². The van der Waals surface area contributed by atoms with Gasteiger partial charge in [-0.15, -0.1) is 5.10 Å². The lowest BCUT2D eigenvalue weighted by Gasteiger charge is -2.52. The number of carbonyl (C=O) groups excluding carboxylic acids is 4. The van der Waals surface area contributed by atoms with Crippen LogP contribution in [0.1, 0.15) is 70.6 Å². The van der Waals surface area contributed by atoms with Gasteiger partial charge >= 0.3 is 12.1 Å². The van der Waals surface area contributed by atoms with E-state index in [4.69, 9.17) is 9.47 Å². The number of nitrogens with one attached hydrogen (secondary N) is 2. The van der Waals surface area contributed by atoms with Crippen molar-refractivity contribution in [1.29, 1.82) is 5.26 Å². The van der Waals surface area contributed by atoms with Crippen molar-refractivity contribution in [3.05, 3.63) is 41.7 Å². The van der Waals surface area contributed by atoms with Gasteiger partial charge in [-0.25, -0.2) is 4.79 Å². The number of rotatable bonds is 8. The number of aliphatic hydroxyl groups excluding tert-OH is 1. The molecule has 15 heteroatoms. The van der Waals surface area contributed by atoms with Crippen molar-refractivity contribution >= 4 is 29.6 Å². The van der Waals surface area contributed by atoms with Crippen molar-refractivity contribution in [1.82, 2.24) is 30.1 Å². The first kappa shape index (κ1) is 35.1. The molecule has 2 saturated heterocycles. The average Bonchev–Trinajstić information content (AvgIpc) is 3.83. The van der Waals surface area contributed by atoms with Gasteiger partial charge in [0.25, 0.3) is 0 Å². The lowest BCUT2D eigenvalue weighted by Crippen LogP contribution is -2.61. The van der Waals surface area contributed by atoms with Crippen molar-refractivity contribution in [2.45, 2.75) is 102 Å². The number of aryl methyl sites for hydroxylation is 1. The highest BCUT2D eigenvalue weighted by atomic mass is 16.6. The predicted octanol–water partition coefficient (Wildman–Crippen LogP) is 2.31. The van der Waals surface area contributed by atoms with Crippen LogP contribution in [0.2, 0.25) is 0 Å². The Morgan fingerprint density at radius 2 is 1.98 bits per heavy atom. The van der Waals surface area contributed by atoms with Crippen LogP contribution < -0.4 is 10.6 Å². The number of fused-ring (bicyclic) bond motifs is 2. The Labute approximate surface area is 291 Å². The number of likely N-dealkylation sites (tertiary alicyclic amines) is 2. The van der Waals surface area contributed by atoms with Crippen molar-refractivity contribution < 1.29 is 33.8 Å². The maximum Gasteiger partial charge on any atom is 0.410 e. The summed E-state index contributed by atoms with van der Waals surface area (Å²) in [6, 6.07) is 6.20. The quantitative estimate of drug-likeness (QED) is 0.272. The SMILES string of the molecule is COC(=O)[C@@H]1C2CC([C@@]3(CCn4cc(CNC(=O)[C@@H]5CCCN5C(=O)OC(C)(C)C)nn4)C(=O)Nc4ccccc43)N(C#N)C[C@@H]2CC[C@@H]1O. The summed E-state index contributed by atoms with van der Waals surface area (Å²) in [6.45, 7) is 6.52. The van der Waals surface area contributed by atoms with Crippen LogP contribution in [0.25, 0.3) is 0 Å². The van der Waals surface area contributed by atoms with Gasteiger partial charge in [0.15, 0.2) is 6.19 Å². The standard InChI is InChI=1S/C35H46N8O7/c1-34(2,3)50-33(48)43-14-7-10-26(43)30(45)37-17-22-19-42(40-39-22)15-13-35(24-8-5-6-9-25(24)38-32(35)47)28-16-23-21(18-41(28)20-36)11-12-27(44)29(23)31(46)49-4/h5-6,8-9,19,21,23,26-29,44H,7,10-18H2,1-4H3,(H,37,45)(H,38,47)/t21-,23?,26-,27-,28?,29+,35-/m0/s1. The van der Waals surface area contributed by atoms with Crippen molar-refractivity contribution in [2.24, 2.45) is 17.8 Å². The van der Waals surface area contributed by atoms with Crippen LogP contribution in [0.4, 0.5) is 10.5 Å². The number of hydrogen-bond acceptors (Lipinski definition) is 11. The molecule has 6 rings (SSSR count). The van der Waals surface area contributed by atoms with Crippen LogP contribution >= 0.6 is 0 Å². The van der Waals surface area contributed by atoms with E-state index in [1.807, 2.05) is 24.3 Å². The molecule has 3 N–H and O–H groups in total. The second kappa shape index (κ2) is 13.9. The smallest absolute Gasteiger partial charge is 0.410 e. The number of methoxy groups -OCH3 is 1. The number of nitriles is 1. The van der Waals surface area contributed by atoms with E-state index in [9.17, 15) is 29.5 Å². The van der Waals surface area contributed by atoms with Gasteiger partial charge in [0.05, 0.1) is 43.3 Å². The van der Waals surface area contributed by atoms with Gasteiger partial charge in [0, 0.05) is 25.3 Å². The van der Waals surface area contributed by atoms with Crippen molar-refractivity contribution in [2.75, 3.05) is 25.5 Å². The van der Waals surface area contributed by atoms with Gasteiger partial charge in [-0.2, -0.15) is 5.26 Å². The van der Waals surface area contributed by atoms with Crippen molar-refractivity contribution in [3.8, 4) is 6.19 Å². The second-order valence-corrected chi connectivity index (χ2v) is 14.9. The van der Waals surface area contributed by atoms with E-state index >= 15 is 0 Å². The maximum absolute atomic E-state index is 14.2. The lowest BCUT2D eigenvalue weighted by atomic mass is 9.60. The number of carbonyl (C=O) groups is 4. The molecule has 1 saturated carbocycles. The normalized spacial score (nSPS) is 29.0. The largest absolute Gasteiger partial charge is 0.469 e. The van der Waals surface area contributed by atoms with Crippen LogP contribution in [-0.2, 0) is 42.4 Å². The minimum absolute atomic E-state index is 0.0105. The number of amides is 3. The van der Waals surface area contributed by atoms with E-state index in [1.165, 1.54) is 12.0 Å². The van der Waals surface area contributed by atoms with E-state index in [0.29, 0.717) is 56.6 Å². The third-order valence-electron chi connectivity index (χ3n) is 10.8. The summed E-state index contributed by atoms with van der Waals surface area (Å²) in [7, 11) is 1.31. The summed E-state index contributed by atoms with van der Waals surface area (Å²) in [5, 5.41) is 35.7. The molecular formula is C35H46N8O7. The molecule has 1 aromatic heterocycles. The van der Waals surface area contributed by atoms with E-state index in [1.54, 1.807) is 36.5 Å². The molecule has 3 fully saturated rings. The van der Waals surface area contributed by atoms with Gasteiger partial charge < -0.3 is 30.1 Å². The Bertz CT molecular complexity index is 1670. The number of piperidine rings is 1. The van der Waals surface area contributed by atoms with E-state index in [2.05, 4.69) is 27.1 Å². The molecule has 15 nitrogen and oxygen atoms in total. The monoisotopic (exact) mass is 690 g/mol. The molecule has 268 valence electrons. The zero-order chi connectivity index (χ0) is 35.8. The summed E-state index contributed by atoms with van der Waals surface area (Å²) in [5.74, 6) is -2.05. The minimum atomic E-state index is -1.17. The van der Waals surface area contributed by atoms with Crippen LogP contribution in [0.5, 0.6) is 0 Å². The number of aliphatic hydroxyl groups is 1. The molecule has 2 unspecified atom stereocenters. The average molecular weight is 691 g/mol. The molecule has 0 bridgehead atoms. The summed E-state index contributed by atoms with van der Waals surface area (Å²) in [5.41, 5.74) is 0.0869. The molecule has 7 atom stereocenters. The Morgan fingerprint density at radius 1 is 1.20 bits per heavy atom. The first-order chi connectivity index (χ1) is 23.9. The highest BCUT2D eigenvalue weighted by Crippen LogP contribution is 2.51. The molecule has 50 heavy (non-hydrogen) atoms. The number of hydrogen-bond donors (Lipinski definition) is 3. The molecule has 0 spiro atoms. The van der Waals surface area contributed by atoms with Gasteiger partial charge in [-0.3, -0.25) is 24.0 Å². The number of nitrogens with zero attached hydrogens (tertiary/aromatic N) is 6. The molecule has 4 aliphatic rings. The molecule has 1 aromatic carbocycles. The number of para-hydroxylation sites is 1.